The number of amides is 1. The lowest BCUT2D eigenvalue weighted by molar-refractivity contribution is 0.0954. The second kappa shape index (κ2) is 8.09. The Morgan fingerprint density at radius 1 is 1.17 bits per heavy atom. The lowest BCUT2D eigenvalue weighted by Gasteiger charge is -2.36. The van der Waals surface area contributed by atoms with Crippen LogP contribution in [0.15, 0.2) is 58.7 Å². The lowest BCUT2D eigenvalue weighted by Crippen LogP contribution is -2.32. The molecular weight excluding hydrogens is 296 g/mol. The molecule has 3 heteroatoms. The van der Waals surface area contributed by atoms with Gasteiger partial charge in [0.1, 0.15) is 0 Å². The molecule has 1 aliphatic rings. The molecule has 0 bridgehead atoms. The number of carbonyl (C=O) groups excluding carboxylic acids is 1. The normalized spacial score (nSPS) is 26.8. The molecule has 1 amide bonds. The molecule has 1 aromatic carbocycles. The van der Waals surface area contributed by atoms with Gasteiger partial charge in [-0.3, -0.25) is 4.79 Å². The number of hydrazone groups is 1. The van der Waals surface area contributed by atoms with Crippen LogP contribution in [0, 0.1) is 23.7 Å². The molecular formula is C21H28N2O. The maximum atomic E-state index is 12.1. The highest BCUT2D eigenvalue weighted by atomic mass is 16.2. The van der Waals surface area contributed by atoms with Gasteiger partial charge in [0.25, 0.3) is 5.91 Å². The van der Waals surface area contributed by atoms with Crippen molar-refractivity contribution in [2.75, 3.05) is 0 Å². The zero-order valence-electron chi connectivity index (χ0n) is 15.3. The molecule has 2 rings (SSSR count). The highest BCUT2D eigenvalue weighted by molar-refractivity contribution is 5.94. The van der Waals surface area contributed by atoms with Gasteiger partial charge in [0.05, 0.1) is 0 Å². The summed E-state index contributed by atoms with van der Waals surface area (Å²) in [4.78, 5) is 12.1. The number of hydrogen-bond acceptors (Lipinski definition) is 2. The first-order valence-electron chi connectivity index (χ1n) is 8.62. The van der Waals surface area contributed by atoms with Gasteiger partial charge in [-0.2, -0.15) is 5.10 Å². The number of allylic oxidation sites excluding steroid dienone is 4. The van der Waals surface area contributed by atoms with Gasteiger partial charge in [-0.25, -0.2) is 5.43 Å². The summed E-state index contributed by atoms with van der Waals surface area (Å²) >= 11 is 0. The Balaban J connectivity index is 2.13. The Labute approximate surface area is 145 Å². The molecule has 1 N–H and O–H groups in total. The summed E-state index contributed by atoms with van der Waals surface area (Å²) in [5, 5.41) is 4.26. The molecule has 0 radical (unpaired) electrons. The Kier molecular flexibility index (Phi) is 6.13. The molecule has 4 atom stereocenters. The van der Waals surface area contributed by atoms with E-state index in [0.717, 1.165) is 0 Å². The van der Waals surface area contributed by atoms with Crippen molar-refractivity contribution in [3.05, 3.63) is 59.2 Å². The van der Waals surface area contributed by atoms with Crippen LogP contribution < -0.4 is 5.43 Å². The zero-order chi connectivity index (χ0) is 17.7. The van der Waals surface area contributed by atoms with Crippen LogP contribution in [-0.4, -0.2) is 12.1 Å². The summed E-state index contributed by atoms with van der Waals surface area (Å²) < 4.78 is 0. The molecule has 128 valence electrons. The fraction of sp³-hybridized carbons (Fsp3) is 0.429. The zero-order valence-corrected chi connectivity index (χ0v) is 15.3. The third-order valence-corrected chi connectivity index (χ3v) is 4.99. The molecule has 0 spiro atoms. The van der Waals surface area contributed by atoms with Crippen LogP contribution in [0.1, 0.15) is 45.0 Å². The van der Waals surface area contributed by atoms with E-state index in [4.69, 9.17) is 0 Å². The van der Waals surface area contributed by atoms with Crippen LogP contribution in [0.2, 0.25) is 0 Å². The van der Waals surface area contributed by atoms with E-state index in [2.05, 4.69) is 57.3 Å². The molecule has 24 heavy (non-hydrogen) atoms. The van der Waals surface area contributed by atoms with Crippen molar-refractivity contribution in [2.24, 2.45) is 28.8 Å². The number of rotatable bonds is 4. The highest BCUT2D eigenvalue weighted by Gasteiger charge is 2.31. The van der Waals surface area contributed by atoms with Gasteiger partial charge >= 0.3 is 0 Å². The standard InChI is InChI=1S/C21H28N2O/c1-14(2)11-19-12-15(3)16(4)17(5)20(19)13-22-23-21(24)18-9-7-6-8-10-18/h6-13,16-17,19-20H,1-5H3,(H,23,24)/t16-,17+,19+,20+/m0/s1. The topological polar surface area (TPSA) is 41.5 Å². The summed E-state index contributed by atoms with van der Waals surface area (Å²) in [5.41, 5.74) is 6.01. The van der Waals surface area contributed by atoms with Crippen LogP contribution >= 0.6 is 0 Å². The molecule has 0 saturated heterocycles. The maximum absolute atomic E-state index is 12.1. The third kappa shape index (κ3) is 4.44. The first-order valence-corrected chi connectivity index (χ1v) is 8.62. The van der Waals surface area contributed by atoms with Crippen LogP contribution in [0.4, 0.5) is 0 Å². The minimum Gasteiger partial charge on any atom is -0.267 e. The Morgan fingerprint density at radius 3 is 2.46 bits per heavy atom. The van der Waals surface area contributed by atoms with Crippen molar-refractivity contribution in [2.45, 2.75) is 34.6 Å². The average molecular weight is 324 g/mol. The number of benzene rings is 1. The van der Waals surface area contributed by atoms with Gasteiger partial charge < -0.3 is 0 Å². The fourth-order valence-corrected chi connectivity index (χ4v) is 3.28. The molecule has 0 aromatic heterocycles. The first kappa shape index (κ1) is 18.2. The van der Waals surface area contributed by atoms with Crippen molar-refractivity contribution >= 4 is 12.1 Å². The van der Waals surface area contributed by atoms with Gasteiger partial charge in [-0.1, -0.05) is 55.3 Å². The van der Waals surface area contributed by atoms with Gasteiger partial charge in [0.15, 0.2) is 0 Å². The van der Waals surface area contributed by atoms with Crippen molar-refractivity contribution in [1.29, 1.82) is 0 Å². The van der Waals surface area contributed by atoms with Crippen LogP contribution in [0.3, 0.4) is 0 Å². The van der Waals surface area contributed by atoms with Crippen LogP contribution in [0.25, 0.3) is 0 Å². The third-order valence-electron chi connectivity index (χ3n) is 4.99. The molecule has 0 unspecified atom stereocenters. The average Bonchev–Trinajstić information content (AvgIpc) is 2.56. The lowest BCUT2D eigenvalue weighted by atomic mass is 9.69. The number of hydrogen-bond donors (Lipinski definition) is 1. The van der Waals surface area contributed by atoms with Gasteiger partial charge in [-0.05, 0) is 44.7 Å². The Morgan fingerprint density at radius 2 is 1.83 bits per heavy atom. The van der Waals surface area contributed by atoms with Crippen LogP contribution in [-0.2, 0) is 0 Å². The molecule has 0 saturated carbocycles. The fourth-order valence-electron chi connectivity index (χ4n) is 3.28. The van der Waals surface area contributed by atoms with Gasteiger partial charge in [0, 0.05) is 23.6 Å². The van der Waals surface area contributed by atoms with E-state index in [0.29, 0.717) is 23.3 Å². The van der Waals surface area contributed by atoms with Crippen molar-refractivity contribution in [1.82, 2.24) is 5.43 Å². The monoisotopic (exact) mass is 324 g/mol. The van der Waals surface area contributed by atoms with E-state index in [-0.39, 0.29) is 11.8 Å². The summed E-state index contributed by atoms with van der Waals surface area (Å²) in [6, 6.07) is 9.16. The number of nitrogens with one attached hydrogen (secondary N) is 1. The largest absolute Gasteiger partial charge is 0.271 e. The quantitative estimate of drug-likeness (QED) is 0.481. The van der Waals surface area contributed by atoms with E-state index in [1.807, 2.05) is 24.4 Å². The minimum absolute atomic E-state index is 0.172. The molecule has 0 heterocycles. The SMILES string of the molecule is CC(C)=C[C@@H]1C=C(C)[C@H](C)[C@@H](C)[C@H]1C=NNC(=O)c1ccccc1. The Hall–Kier alpha value is -2.16. The Bertz CT molecular complexity index is 654. The van der Waals surface area contributed by atoms with E-state index >= 15 is 0 Å². The molecule has 0 aliphatic heterocycles. The van der Waals surface area contributed by atoms with Crippen LogP contribution in [0.5, 0.6) is 0 Å². The van der Waals surface area contributed by atoms with Gasteiger partial charge in [-0.15, -0.1) is 0 Å². The second-order valence-electron chi connectivity index (χ2n) is 7.04. The van der Waals surface area contributed by atoms with Crippen molar-refractivity contribution < 1.29 is 4.79 Å². The van der Waals surface area contributed by atoms with Crippen molar-refractivity contribution in [3.8, 4) is 0 Å². The summed E-state index contributed by atoms with van der Waals surface area (Å²) in [5.74, 6) is 1.45. The summed E-state index contributed by atoms with van der Waals surface area (Å²) in [6.45, 7) is 11.0. The first-order chi connectivity index (χ1) is 11.4. The molecule has 0 fully saturated rings. The second-order valence-corrected chi connectivity index (χ2v) is 7.04. The van der Waals surface area contributed by atoms with Crippen molar-refractivity contribution in [3.63, 3.8) is 0 Å². The predicted molar refractivity (Wildman–Crippen MR) is 101 cm³/mol. The van der Waals surface area contributed by atoms with Gasteiger partial charge in [0.2, 0.25) is 0 Å². The maximum Gasteiger partial charge on any atom is 0.271 e. The van der Waals surface area contributed by atoms with E-state index in [9.17, 15) is 4.79 Å². The smallest absolute Gasteiger partial charge is 0.267 e. The minimum atomic E-state index is -0.172. The number of nitrogens with zero attached hydrogens (tertiary/aromatic N) is 1. The van der Waals surface area contributed by atoms with E-state index in [1.165, 1.54) is 11.1 Å². The van der Waals surface area contributed by atoms with E-state index < -0.39 is 0 Å². The van der Waals surface area contributed by atoms with E-state index in [1.54, 1.807) is 12.1 Å². The molecule has 1 aliphatic carbocycles. The highest BCUT2D eigenvalue weighted by Crippen LogP contribution is 2.38. The summed E-state index contributed by atoms with van der Waals surface area (Å²) in [7, 11) is 0. The number of carbonyl (C=O) groups is 1. The predicted octanol–water partition coefficient (Wildman–Crippen LogP) is 4.83. The summed E-state index contributed by atoms with van der Waals surface area (Å²) in [6.07, 6.45) is 6.55. The molecule has 1 aromatic rings. The molecule has 3 nitrogen and oxygen atoms in total.